The third kappa shape index (κ3) is 9.47. The van der Waals surface area contributed by atoms with Crippen molar-refractivity contribution < 1.29 is 13.2 Å². The summed E-state index contributed by atoms with van der Waals surface area (Å²) in [7, 11) is -3.54. The summed E-state index contributed by atoms with van der Waals surface area (Å²) in [6.07, 6.45) is 3.63. The first-order valence-electron chi connectivity index (χ1n) is 8.30. The molecule has 24 heavy (non-hydrogen) atoms. The molecule has 1 unspecified atom stereocenters. The normalized spacial score (nSPS) is 13.3. The van der Waals surface area contributed by atoms with E-state index in [0.29, 0.717) is 5.92 Å². The molecule has 1 amide bonds. The Morgan fingerprint density at radius 2 is 1.79 bits per heavy atom. The number of benzene rings is 1. The highest BCUT2D eigenvalue weighted by molar-refractivity contribution is 7.92. The van der Waals surface area contributed by atoms with Crippen molar-refractivity contribution in [1.29, 1.82) is 0 Å². The minimum atomic E-state index is -3.54. The number of sulfonamides is 1. The predicted molar refractivity (Wildman–Crippen MR) is 98.7 cm³/mol. The predicted octanol–water partition coefficient (Wildman–Crippen LogP) is 2.91. The summed E-state index contributed by atoms with van der Waals surface area (Å²) in [5, 5.41) is 4.00. The van der Waals surface area contributed by atoms with E-state index >= 15 is 0 Å². The largest absolute Gasteiger partial charge is 0.354 e. The van der Waals surface area contributed by atoms with Gasteiger partial charge in [0.1, 0.15) is 0 Å². The molecule has 0 aliphatic carbocycles. The van der Waals surface area contributed by atoms with Crippen LogP contribution < -0.4 is 10.0 Å². The fourth-order valence-corrected chi connectivity index (χ4v) is 2.91. The maximum atomic E-state index is 11.9. The van der Waals surface area contributed by atoms with Gasteiger partial charge < -0.3 is 5.32 Å². The lowest BCUT2D eigenvalue weighted by Crippen LogP contribution is -2.35. The Balaban J connectivity index is 2.32. The number of carbonyl (C=O) groups excluding carboxylic acids is 1. The highest BCUT2D eigenvalue weighted by Gasteiger charge is 2.10. The minimum absolute atomic E-state index is 0.0875. The van der Waals surface area contributed by atoms with Gasteiger partial charge in [0.15, 0.2) is 0 Å². The van der Waals surface area contributed by atoms with Crippen LogP contribution in [-0.2, 0) is 14.8 Å². The zero-order chi connectivity index (χ0) is 18.0. The van der Waals surface area contributed by atoms with Gasteiger partial charge in [0, 0.05) is 24.4 Å². The lowest BCUT2D eigenvalue weighted by atomic mass is 10.0. The lowest BCUT2D eigenvalue weighted by molar-refractivity contribution is -0.121. The van der Waals surface area contributed by atoms with Gasteiger partial charge in [0.2, 0.25) is 15.9 Å². The van der Waals surface area contributed by atoms with Crippen LogP contribution in [0.2, 0.25) is 0 Å². The van der Waals surface area contributed by atoms with Crippen LogP contribution in [-0.4, -0.2) is 26.9 Å². The second-order valence-electron chi connectivity index (χ2n) is 6.34. The summed E-state index contributed by atoms with van der Waals surface area (Å²) in [4.78, 5) is 11.8. The number of carbonyl (C=O) groups is 1. The van der Waals surface area contributed by atoms with E-state index in [1.807, 2.05) is 37.3 Å². The fraction of sp³-hybridized carbons (Fsp3) is 0.500. The van der Waals surface area contributed by atoms with Gasteiger partial charge in [0.25, 0.3) is 0 Å². The van der Waals surface area contributed by atoms with Crippen LogP contribution in [0.1, 0.15) is 45.6 Å². The van der Waals surface area contributed by atoms with E-state index in [2.05, 4.69) is 23.9 Å². The quantitative estimate of drug-likeness (QED) is 0.680. The molecule has 0 aromatic heterocycles. The van der Waals surface area contributed by atoms with E-state index in [1.165, 1.54) is 6.08 Å². The SMILES string of the molecule is CC(C)CCC(C)NC(=O)CCNS(=O)(=O)/C=C/c1ccccc1. The van der Waals surface area contributed by atoms with Crippen molar-refractivity contribution in [3.05, 3.63) is 41.3 Å². The van der Waals surface area contributed by atoms with Gasteiger partial charge >= 0.3 is 0 Å². The van der Waals surface area contributed by atoms with Crippen molar-refractivity contribution in [3.63, 3.8) is 0 Å². The Bertz CT molecular complexity index is 625. The summed E-state index contributed by atoms with van der Waals surface area (Å²) in [5.74, 6) is 0.466. The maximum Gasteiger partial charge on any atom is 0.233 e. The highest BCUT2D eigenvalue weighted by Crippen LogP contribution is 2.06. The summed E-state index contributed by atoms with van der Waals surface area (Å²) in [6, 6.07) is 9.28. The van der Waals surface area contributed by atoms with E-state index < -0.39 is 10.0 Å². The average Bonchev–Trinajstić information content (AvgIpc) is 2.52. The third-order valence-electron chi connectivity index (χ3n) is 3.48. The van der Waals surface area contributed by atoms with Crippen LogP contribution in [0.4, 0.5) is 0 Å². The van der Waals surface area contributed by atoms with E-state index in [-0.39, 0.29) is 24.9 Å². The Labute approximate surface area is 145 Å². The third-order valence-corrected chi connectivity index (χ3v) is 4.58. The first kappa shape index (κ1) is 20.4. The summed E-state index contributed by atoms with van der Waals surface area (Å²) in [5.41, 5.74) is 0.805. The monoisotopic (exact) mass is 352 g/mol. The molecule has 134 valence electrons. The molecule has 0 saturated heterocycles. The Hall–Kier alpha value is -1.66. The molecule has 1 aromatic carbocycles. The van der Waals surface area contributed by atoms with Crippen molar-refractivity contribution in [3.8, 4) is 0 Å². The number of nitrogens with one attached hydrogen (secondary N) is 2. The zero-order valence-electron chi connectivity index (χ0n) is 14.7. The van der Waals surface area contributed by atoms with Crippen molar-refractivity contribution >= 4 is 22.0 Å². The molecule has 0 saturated carbocycles. The smallest absolute Gasteiger partial charge is 0.233 e. The molecule has 0 spiro atoms. The van der Waals surface area contributed by atoms with Crippen molar-refractivity contribution in [1.82, 2.24) is 10.0 Å². The number of hydrogen-bond donors (Lipinski definition) is 2. The fourth-order valence-electron chi connectivity index (χ4n) is 2.09. The maximum absolute atomic E-state index is 11.9. The Kier molecular flexibility index (Phi) is 8.71. The minimum Gasteiger partial charge on any atom is -0.354 e. The van der Waals surface area contributed by atoms with Gasteiger partial charge in [-0.25, -0.2) is 13.1 Å². The van der Waals surface area contributed by atoms with Crippen LogP contribution in [0.15, 0.2) is 35.7 Å². The molecule has 1 atom stereocenters. The van der Waals surface area contributed by atoms with Crippen LogP contribution >= 0.6 is 0 Å². The molecule has 5 nitrogen and oxygen atoms in total. The lowest BCUT2D eigenvalue weighted by Gasteiger charge is -2.15. The number of hydrogen-bond acceptors (Lipinski definition) is 3. The summed E-state index contributed by atoms with van der Waals surface area (Å²) in [6.45, 7) is 6.34. The van der Waals surface area contributed by atoms with Gasteiger partial charge in [-0.2, -0.15) is 0 Å². The molecule has 1 aromatic rings. The van der Waals surface area contributed by atoms with Crippen LogP contribution in [0, 0.1) is 5.92 Å². The van der Waals surface area contributed by atoms with Gasteiger partial charge in [0.05, 0.1) is 0 Å². The van der Waals surface area contributed by atoms with Crippen LogP contribution in [0.3, 0.4) is 0 Å². The molecule has 0 aliphatic rings. The molecule has 2 N–H and O–H groups in total. The summed E-state index contributed by atoms with van der Waals surface area (Å²) < 4.78 is 26.1. The molecular formula is C18H28N2O3S. The summed E-state index contributed by atoms with van der Waals surface area (Å²) >= 11 is 0. The molecule has 0 heterocycles. The van der Waals surface area contributed by atoms with Crippen LogP contribution in [0.25, 0.3) is 6.08 Å². The van der Waals surface area contributed by atoms with Gasteiger partial charge in [-0.15, -0.1) is 0 Å². The van der Waals surface area contributed by atoms with E-state index in [4.69, 9.17) is 0 Å². The van der Waals surface area contributed by atoms with Gasteiger partial charge in [-0.3, -0.25) is 4.79 Å². The van der Waals surface area contributed by atoms with E-state index in [9.17, 15) is 13.2 Å². The standard InChI is InChI=1S/C18H28N2O3S/c1-15(2)9-10-16(3)20-18(21)11-13-19-24(22,23)14-12-17-7-5-4-6-8-17/h4-8,12,14-16,19H,9-11,13H2,1-3H3,(H,20,21)/b14-12+. The Morgan fingerprint density at radius 1 is 1.12 bits per heavy atom. The second-order valence-corrected chi connectivity index (χ2v) is 7.99. The van der Waals surface area contributed by atoms with Crippen molar-refractivity contribution in [2.45, 2.75) is 46.1 Å². The Morgan fingerprint density at radius 3 is 2.42 bits per heavy atom. The topological polar surface area (TPSA) is 75.3 Å². The van der Waals surface area contributed by atoms with Crippen LogP contribution in [0.5, 0.6) is 0 Å². The van der Waals surface area contributed by atoms with E-state index in [0.717, 1.165) is 23.8 Å². The first-order valence-corrected chi connectivity index (χ1v) is 9.85. The first-order chi connectivity index (χ1) is 11.3. The molecule has 1 rings (SSSR count). The molecular weight excluding hydrogens is 324 g/mol. The van der Waals surface area contributed by atoms with Gasteiger partial charge in [-0.05, 0) is 37.3 Å². The second kappa shape index (κ2) is 10.3. The molecule has 0 aliphatic heterocycles. The molecule has 0 radical (unpaired) electrons. The van der Waals surface area contributed by atoms with Crippen molar-refractivity contribution in [2.75, 3.05) is 6.54 Å². The number of rotatable bonds is 10. The van der Waals surface area contributed by atoms with E-state index in [1.54, 1.807) is 0 Å². The van der Waals surface area contributed by atoms with Crippen molar-refractivity contribution in [2.24, 2.45) is 5.92 Å². The molecule has 6 heteroatoms. The molecule has 0 fully saturated rings. The van der Waals surface area contributed by atoms with Gasteiger partial charge in [-0.1, -0.05) is 44.2 Å². The average molecular weight is 352 g/mol. The highest BCUT2D eigenvalue weighted by atomic mass is 32.2. The molecule has 0 bridgehead atoms. The number of amides is 1. The zero-order valence-corrected chi connectivity index (χ0v) is 15.5.